The maximum absolute atomic E-state index is 14.8. The summed E-state index contributed by atoms with van der Waals surface area (Å²) >= 11 is 0. The summed E-state index contributed by atoms with van der Waals surface area (Å²) in [7, 11) is 1.26. The van der Waals surface area contributed by atoms with E-state index < -0.39 is 29.7 Å². The van der Waals surface area contributed by atoms with E-state index in [1.165, 1.54) is 36.3 Å². The van der Waals surface area contributed by atoms with Crippen LogP contribution < -0.4 is 5.32 Å². The second kappa shape index (κ2) is 7.51. The van der Waals surface area contributed by atoms with Crippen LogP contribution in [0.4, 0.5) is 8.78 Å². The lowest BCUT2D eigenvalue weighted by atomic mass is 10.0. The number of carbonyl (C=O) groups is 3. The third-order valence-electron chi connectivity index (χ3n) is 5.62. The third-order valence-corrected chi connectivity index (χ3v) is 5.62. The van der Waals surface area contributed by atoms with E-state index in [1.54, 1.807) is 18.2 Å². The summed E-state index contributed by atoms with van der Waals surface area (Å²) in [5, 5.41) is 2.47. The van der Waals surface area contributed by atoms with Gasteiger partial charge in [-0.3, -0.25) is 9.59 Å². The number of fused-ring (bicyclic) bond motifs is 3. The van der Waals surface area contributed by atoms with Crippen LogP contribution in [0, 0.1) is 0 Å². The number of amides is 2. The van der Waals surface area contributed by atoms with E-state index in [-0.39, 0.29) is 23.2 Å². The average Bonchev–Trinajstić information content (AvgIpc) is 3.33. The van der Waals surface area contributed by atoms with Crippen molar-refractivity contribution in [3.8, 4) is 11.1 Å². The van der Waals surface area contributed by atoms with E-state index in [0.717, 1.165) is 0 Å². The van der Waals surface area contributed by atoms with Gasteiger partial charge in [0.05, 0.1) is 13.7 Å². The van der Waals surface area contributed by atoms with Crippen LogP contribution in [0.3, 0.4) is 0 Å². The van der Waals surface area contributed by atoms with E-state index in [2.05, 4.69) is 5.32 Å². The molecule has 2 aromatic rings. The Morgan fingerprint density at radius 3 is 2.63 bits per heavy atom. The first-order valence-corrected chi connectivity index (χ1v) is 9.62. The number of ether oxygens (including phenoxy) is 1. The zero-order chi connectivity index (χ0) is 21.5. The second-order valence-electron chi connectivity index (χ2n) is 7.33. The third kappa shape index (κ3) is 3.22. The Bertz CT molecular complexity index is 1040. The molecule has 0 spiro atoms. The van der Waals surface area contributed by atoms with Gasteiger partial charge in [0, 0.05) is 23.2 Å². The number of hydrogen-bond acceptors (Lipinski definition) is 4. The summed E-state index contributed by atoms with van der Waals surface area (Å²) in [5.74, 6) is -4.74. The number of alkyl halides is 2. The Balaban J connectivity index is 1.47. The lowest BCUT2D eigenvalue weighted by molar-refractivity contribution is -0.150. The van der Waals surface area contributed by atoms with E-state index >= 15 is 0 Å². The highest BCUT2D eigenvalue weighted by molar-refractivity contribution is 5.98. The molecule has 8 heteroatoms. The molecule has 30 heavy (non-hydrogen) atoms. The van der Waals surface area contributed by atoms with Crippen molar-refractivity contribution in [2.75, 3.05) is 20.2 Å². The van der Waals surface area contributed by atoms with Gasteiger partial charge in [-0.05, 0) is 36.1 Å². The number of rotatable bonds is 4. The SMILES string of the molecule is COC(=O)[C@@H]1CCCN1C(=O)CNC(=O)c1ccc2c(c1)C(F)(F)c1ccccc1-2. The molecule has 1 atom stereocenters. The van der Waals surface area contributed by atoms with Crippen molar-refractivity contribution >= 4 is 17.8 Å². The van der Waals surface area contributed by atoms with Gasteiger partial charge in [0.1, 0.15) is 6.04 Å². The topological polar surface area (TPSA) is 75.7 Å². The molecule has 0 radical (unpaired) electrons. The molecule has 0 unspecified atom stereocenters. The number of nitrogens with one attached hydrogen (secondary N) is 1. The zero-order valence-electron chi connectivity index (χ0n) is 16.3. The van der Waals surface area contributed by atoms with E-state index in [9.17, 15) is 23.2 Å². The quantitative estimate of drug-likeness (QED) is 0.781. The molecule has 4 rings (SSSR count). The molecule has 1 heterocycles. The largest absolute Gasteiger partial charge is 0.467 e. The molecule has 2 aliphatic rings. The summed E-state index contributed by atoms with van der Waals surface area (Å²) in [5.41, 5.74) is 0.562. The summed E-state index contributed by atoms with van der Waals surface area (Å²) in [4.78, 5) is 38.1. The molecule has 0 bridgehead atoms. The predicted octanol–water partition coefficient (Wildman–Crippen LogP) is 2.70. The first-order valence-electron chi connectivity index (χ1n) is 9.62. The fourth-order valence-electron chi connectivity index (χ4n) is 4.12. The van der Waals surface area contributed by atoms with Crippen molar-refractivity contribution in [3.63, 3.8) is 0 Å². The van der Waals surface area contributed by atoms with Crippen molar-refractivity contribution in [1.82, 2.24) is 10.2 Å². The van der Waals surface area contributed by atoms with Gasteiger partial charge in [0.25, 0.3) is 11.8 Å². The number of likely N-dealkylation sites (tertiary alicyclic amines) is 1. The summed E-state index contributed by atoms with van der Waals surface area (Å²) in [6, 6.07) is 9.72. The van der Waals surface area contributed by atoms with Gasteiger partial charge in [-0.1, -0.05) is 30.3 Å². The molecule has 1 aliphatic carbocycles. The number of nitrogens with zero attached hydrogens (tertiary/aromatic N) is 1. The predicted molar refractivity (Wildman–Crippen MR) is 104 cm³/mol. The average molecular weight is 414 g/mol. The molecule has 1 fully saturated rings. The van der Waals surface area contributed by atoms with Crippen LogP contribution >= 0.6 is 0 Å². The van der Waals surface area contributed by atoms with Crippen LogP contribution in [0.25, 0.3) is 11.1 Å². The molecule has 2 amide bonds. The molecule has 1 aliphatic heterocycles. The molecule has 0 saturated carbocycles. The Morgan fingerprint density at radius 2 is 1.87 bits per heavy atom. The van der Waals surface area contributed by atoms with Gasteiger partial charge in [-0.15, -0.1) is 0 Å². The van der Waals surface area contributed by atoms with Crippen LogP contribution in [0.5, 0.6) is 0 Å². The number of esters is 1. The van der Waals surface area contributed by atoms with Crippen molar-refractivity contribution < 1.29 is 27.9 Å². The van der Waals surface area contributed by atoms with E-state index in [0.29, 0.717) is 30.5 Å². The Labute approximate surface area is 171 Å². The number of benzene rings is 2. The number of methoxy groups -OCH3 is 1. The fraction of sp³-hybridized carbons (Fsp3) is 0.318. The van der Waals surface area contributed by atoms with Crippen LogP contribution in [0.15, 0.2) is 42.5 Å². The summed E-state index contributed by atoms with van der Waals surface area (Å²) in [6.07, 6.45) is 1.17. The number of hydrogen-bond donors (Lipinski definition) is 1. The van der Waals surface area contributed by atoms with Crippen LogP contribution in [-0.2, 0) is 20.2 Å². The van der Waals surface area contributed by atoms with Gasteiger partial charge in [0.2, 0.25) is 5.91 Å². The highest BCUT2D eigenvalue weighted by atomic mass is 19.3. The first kappa shape index (κ1) is 20.0. The smallest absolute Gasteiger partial charge is 0.328 e. The normalized spacial score (nSPS) is 18.5. The van der Waals surface area contributed by atoms with Gasteiger partial charge in [0.15, 0.2) is 0 Å². The molecule has 0 aromatic heterocycles. The lowest BCUT2D eigenvalue weighted by Gasteiger charge is -2.22. The molecular formula is C22H20F2N2O4. The molecule has 1 saturated heterocycles. The Kier molecular flexibility index (Phi) is 5.01. The molecule has 2 aromatic carbocycles. The van der Waals surface area contributed by atoms with Gasteiger partial charge in [-0.2, -0.15) is 8.78 Å². The van der Waals surface area contributed by atoms with Crippen molar-refractivity contribution in [3.05, 3.63) is 59.2 Å². The monoisotopic (exact) mass is 414 g/mol. The minimum Gasteiger partial charge on any atom is -0.467 e. The summed E-state index contributed by atoms with van der Waals surface area (Å²) < 4.78 is 34.3. The fourth-order valence-corrected chi connectivity index (χ4v) is 4.12. The molecule has 6 nitrogen and oxygen atoms in total. The standard InChI is InChI=1S/C22H20F2N2O4/c1-30-21(29)18-7-4-10-26(18)19(27)12-25-20(28)13-8-9-15-14-5-2-3-6-16(14)22(23,24)17(15)11-13/h2-3,5-6,8-9,11,18H,4,7,10,12H2,1H3,(H,25,28)/t18-/m0/s1. The highest BCUT2D eigenvalue weighted by Gasteiger charge is 2.44. The number of halogens is 2. The van der Waals surface area contributed by atoms with E-state index in [1.807, 2.05) is 0 Å². The van der Waals surface area contributed by atoms with Crippen LogP contribution in [-0.4, -0.2) is 48.9 Å². The second-order valence-corrected chi connectivity index (χ2v) is 7.33. The molecule has 156 valence electrons. The maximum atomic E-state index is 14.8. The van der Waals surface area contributed by atoms with Gasteiger partial charge in [-0.25, -0.2) is 4.79 Å². The van der Waals surface area contributed by atoms with Gasteiger partial charge >= 0.3 is 5.97 Å². The molecule has 1 N–H and O–H groups in total. The van der Waals surface area contributed by atoms with Crippen molar-refractivity contribution in [2.24, 2.45) is 0 Å². The van der Waals surface area contributed by atoms with E-state index in [4.69, 9.17) is 4.74 Å². The maximum Gasteiger partial charge on any atom is 0.328 e. The summed E-state index contributed by atoms with van der Waals surface area (Å²) in [6.45, 7) is 0.0673. The zero-order valence-corrected chi connectivity index (χ0v) is 16.3. The first-order chi connectivity index (χ1) is 14.3. The Hall–Kier alpha value is -3.29. The van der Waals surface area contributed by atoms with Gasteiger partial charge < -0.3 is 15.0 Å². The minimum atomic E-state index is -3.19. The Morgan fingerprint density at radius 1 is 1.13 bits per heavy atom. The van der Waals surface area contributed by atoms with Crippen molar-refractivity contribution in [2.45, 2.75) is 24.8 Å². The minimum absolute atomic E-state index is 0.0416. The number of carbonyl (C=O) groups excluding carboxylic acids is 3. The van der Waals surface area contributed by atoms with Crippen LogP contribution in [0.2, 0.25) is 0 Å². The highest BCUT2D eigenvalue weighted by Crippen LogP contribution is 2.50. The lowest BCUT2D eigenvalue weighted by Crippen LogP contribution is -2.45. The van der Waals surface area contributed by atoms with Crippen molar-refractivity contribution in [1.29, 1.82) is 0 Å². The molecular weight excluding hydrogens is 394 g/mol. The van der Waals surface area contributed by atoms with Crippen LogP contribution in [0.1, 0.15) is 34.3 Å².